The molecule has 2 aromatic rings. The number of hydrogen-bond donors (Lipinski definition) is 2. The number of anilines is 1. The van der Waals surface area contributed by atoms with Crippen molar-refractivity contribution in [3.8, 4) is 0 Å². The summed E-state index contributed by atoms with van der Waals surface area (Å²) in [4.78, 5) is 14.6. The molecular formula is C20H27N3O. The normalized spacial score (nSPS) is 10.7. The Bertz CT molecular complexity index is 655. The first-order valence-electron chi connectivity index (χ1n) is 8.39. The van der Waals surface area contributed by atoms with Crippen molar-refractivity contribution in [1.29, 1.82) is 0 Å². The van der Waals surface area contributed by atoms with Crippen LogP contribution in [0.15, 0.2) is 48.5 Å². The molecule has 0 saturated heterocycles. The van der Waals surface area contributed by atoms with E-state index in [4.69, 9.17) is 0 Å². The van der Waals surface area contributed by atoms with E-state index >= 15 is 0 Å². The Morgan fingerprint density at radius 3 is 2.58 bits per heavy atom. The third-order valence-electron chi connectivity index (χ3n) is 3.99. The Morgan fingerprint density at radius 1 is 1.12 bits per heavy atom. The maximum atomic E-state index is 12.3. The Morgan fingerprint density at radius 2 is 1.88 bits per heavy atom. The first kappa shape index (κ1) is 18.0. The average Bonchev–Trinajstić information content (AvgIpc) is 2.59. The highest BCUT2D eigenvalue weighted by molar-refractivity contribution is 5.99. The summed E-state index contributed by atoms with van der Waals surface area (Å²) < 4.78 is 0. The van der Waals surface area contributed by atoms with Crippen molar-refractivity contribution in [2.75, 3.05) is 32.5 Å². The summed E-state index contributed by atoms with van der Waals surface area (Å²) in [5.74, 6) is -0.0231. The van der Waals surface area contributed by atoms with Gasteiger partial charge in [-0.1, -0.05) is 36.4 Å². The summed E-state index contributed by atoms with van der Waals surface area (Å²) in [5.41, 5.74) is 4.01. The SMILES string of the molecule is CNc1cc(C)ccc1C(=O)NCCCN(C)Cc1ccccc1. The van der Waals surface area contributed by atoms with Crippen molar-refractivity contribution < 1.29 is 4.79 Å². The Balaban J connectivity index is 1.75. The molecule has 0 aliphatic carbocycles. The Hall–Kier alpha value is -2.33. The van der Waals surface area contributed by atoms with Gasteiger partial charge in [0.25, 0.3) is 5.91 Å². The van der Waals surface area contributed by atoms with E-state index < -0.39 is 0 Å². The maximum Gasteiger partial charge on any atom is 0.253 e. The molecule has 2 rings (SSSR count). The fourth-order valence-corrected chi connectivity index (χ4v) is 2.68. The minimum Gasteiger partial charge on any atom is -0.387 e. The van der Waals surface area contributed by atoms with Crippen LogP contribution < -0.4 is 10.6 Å². The number of carbonyl (C=O) groups excluding carboxylic acids is 1. The standard InChI is InChI=1S/C20H27N3O/c1-16-10-11-18(19(14-16)21-2)20(24)22-12-7-13-23(3)15-17-8-5-4-6-9-17/h4-6,8-11,14,21H,7,12-13,15H2,1-3H3,(H,22,24). The number of carbonyl (C=O) groups is 1. The summed E-state index contributed by atoms with van der Waals surface area (Å²) in [6, 6.07) is 16.2. The molecule has 2 aromatic carbocycles. The summed E-state index contributed by atoms with van der Waals surface area (Å²) in [6.45, 7) is 4.57. The van der Waals surface area contributed by atoms with Crippen LogP contribution >= 0.6 is 0 Å². The molecule has 2 N–H and O–H groups in total. The quantitative estimate of drug-likeness (QED) is 0.732. The highest BCUT2D eigenvalue weighted by atomic mass is 16.1. The molecule has 0 saturated carbocycles. The highest BCUT2D eigenvalue weighted by Gasteiger charge is 2.10. The van der Waals surface area contributed by atoms with Gasteiger partial charge in [-0.15, -0.1) is 0 Å². The van der Waals surface area contributed by atoms with E-state index in [0.29, 0.717) is 12.1 Å². The molecule has 128 valence electrons. The molecule has 0 aliphatic heterocycles. The van der Waals surface area contributed by atoms with Gasteiger partial charge in [-0.3, -0.25) is 4.79 Å². The summed E-state index contributed by atoms with van der Waals surface area (Å²) in [5, 5.41) is 6.09. The monoisotopic (exact) mass is 325 g/mol. The first-order chi connectivity index (χ1) is 11.6. The third-order valence-corrected chi connectivity index (χ3v) is 3.99. The second-order valence-electron chi connectivity index (χ2n) is 6.13. The summed E-state index contributed by atoms with van der Waals surface area (Å²) in [7, 11) is 3.94. The van der Waals surface area contributed by atoms with Gasteiger partial charge < -0.3 is 15.5 Å². The lowest BCUT2D eigenvalue weighted by molar-refractivity contribution is 0.0952. The molecule has 0 bridgehead atoms. The molecular weight excluding hydrogens is 298 g/mol. The second kappa shape index (κ2) is 9.08. The van der Waals surface area contributed by atoms with E-state index in [9.17, 15) is 4.79 Å². The number of nitrogens with one attached hydrogen (secondary N) is 2. The molecule has 24 heavy (non-hydrogen) atoms. The smallest absolute Gasteiger partial charge is 0.253 e. The minimum atomic E-state index is -0.0231. The molecule has 0 spiro atoms. The van der Waals surface area contributed by atoms with E-state index in [2.05, 4.69) is 46.8 Å². The second-order valence-corrected chi connectivity index (χ2v) is 6.13. The molecule has 0 atom stereocenters. The molecule has 0 radical (unpaired) electrons. The van der Waals surface area contributed by atoms with Crippen molar-refractivity contribution in [3.05, 3.63) is 65.2 Å². The zero-order chi connectivity index (χ0) is 17.4. The highest BCUT2D eigenvalue weighted by Crippen LogP contribution is 2.16. The molecule has 0 unspecified atom stereocenters. The van der Waals surface area contributed by atoms with Gasteiger partial charge in [0.1, 0.15) is 0 Å². The number of nitrogens with zero attached hydrogens (tertiary/aromatic N) is 1. The molecule has 0 aromatic heterocycles. The van der Waals surface area contributed by atoms with Gasteiger partial charge in [0.15, 0.2) is 0 Å². The van der Waals surface area contributed by atoms with Gasteiger partial charge in [0.05, 0.1) is 5.56 Å². The van der Waals surface area contributed by atoms with Crippen molar-refractivity contribution in [1.82, 2.24) is 10.2 Å². The van der Waals surface area contributed by atoms with Crippen molar-refractivity contribution in [2.45, 2.75) is 19.9 Å². The first-order valence-corrected chi connectivity index (χ1v) is 8.39. The average molecular weight is 325 g/mol. The van der Waals surface area contributed by atoms with E-state index in [1.807, 2.05) is 38.2 Å². The van der Waals surface area contributed by atoms with Crippen molar-refractivity contribution in [3.63, 3.8) is 0 Å². The van der Waals surface area contributed by atoms with Crippen LogP contribution in [0.3, 0.4) is 0 Å². The third kappa shape index (κ3) is 5.39. The maximum absolute atomic E-state index is 12.3. The van der Waals surface area contributed by atoms with E-state index in [1.165, 1.54) is 5.56 Å². The lowest BCUT2D eigenvalue weighted by Crippen LogP contribution is -2.28. The van der Waals surface area contributed by atoms with Crippen LogP contribution in [0.2, 0.25) is 0 Å². The van der Waals surface area contributed by atoms with Crippen LogP contribution in [-0.2, 0) is 6.54 Å². The fraction of sp³-hybridized carbons (Fsp3) is 0.350. The number of hydrogen-bond acceptors (Lipinski definition) is 3. The largest absolute Gasteiger partial charge is 0.387 e. The summed E-state index contributed by atoms with van der Waals surface area (Å²) in [6.07, 6.45) is 0.926. The predicted octanol–water partition coefficient (Wildman–Crippen LogP) is 3.29. The van der Waals surface area contributed by atoms with Gasteiger partial charge in [-0.25, -0.2) is 0 Å². The molecule has 4 heteroatoms. The molecule has 0 fully saturated rings. The van der Waals surface area contributed by atoms with Gasteiger partial charge in [-0.05, 0) is 50.2 Å². The van der Waals surface area contributed by atoms with Crippen LogP contribution in [0.25, 0.3) is 0 Å². The van der Waals surface area contributed by atoms with Crippen molar-refractivity contribution >= 4 is 11.6 Å². The lowest BCUT2D eigenvalue weighted by atomic mass is 10.1. The van der Waals surface area contributed by atoms with E-state index in [0.717, 1.165) is 30.8 Å². The van der Waals surface area contributed by atoms with Crippen LogP contribution in [0.4, 0.5) is 5.69 Å². The number of rotatable bonds is 8. The molecule has 4 nitrogen and oxygen atoms in total. The Labute approximate surface area is 144 Å². The number of benzene rings is 2. The van der Waals surface area contributed by atoms with Crippen LogP contribution in [0, 0.1) is 6.92 Å². The van der Waals surface area contributed by atoms with Gasteiger partial charge in [0, 0.05) is 25.8 Å². The molecule has 1 amide bonds. The number of aryl methyl sites for hydroxylation is 1. The van der Waals surface area contributed by atoms with Crippen LogP contribution in [-0.4, -0.2) is 38.0 Å². The van der Waals surface area contributed by atoms with Gasteiger partial charge in [-0.2, -0.15) is 0 Å². The lowest BCUT2D eigenvalue weighted by Gasteiger charge is -2.17. The van der Waals surface area contributed by atoms with Crippen molar-refractivity contribution in [2.24, 2.45) is 0 Å². The van der Waals surface area contributed by atoms with Gasteiger partial charge >= 0.3 is 0 Å². The topological polar surface area (TPSA) is 44.4 Å². The van der Waals surface area contributed by atoms with Crippen LogP contribution in [0.1, 0.15) is 27.9 Å². The fourth-order valence-electron chi connectivity index (χ4n) is 2.68. The van der Waals surface area contributed by atoms with Crippen LogP contribution in [0.5, 0.6) is 0 Å². The molecule has 0 heterocycles. The zero-order valence-corrected chi connectivity index (χ0v) is 14.8. The predicted molar refractivity (Wildman–Crippen MR) is 100 cm³/mol. The Kier molecular flexibility index (Phi) is 6.82. The minimum absolute atomic E-state index is 0.0231. The molecule has 0 aliphatic rings. The summed E-state index contributed by atoms with van der Waals surface area (Å²) >= 11 is 0. The van der Waals surface area contributed by atoms with E-state index in [-0.39, 0.29) is 5.91 Å². The number of amides is 1. The van der Waals surface area contributed by atoms with Gasteiger partial charge in [0.2, 0.25) is 0 Å². The zero-order valence-electron chi connectivity index (χ0n) is 14.8. The van der Waals surface area contributed by atoms with E-state index in [1.54, 1.807) is 0 Å².